The van der Waals surface area contributed by atoms with E-state index in [0.717, 1.165) is 11.1 Å². The number of aromatic nitrogens is 2. The molecule has 0 aliphatic carbocycles. The van der Waals surface area contributed by atoms with Crippen molar-refractivity contribution in [2.45, 2.75) is 6.92 Å². The van der Waals surface area contributed by atoms with E-state index >= 15 is 0 Å². The van der Waals surface area contributed by atoms with Crippen LogP contribution in [0, 0.1) is 6.92 Å². The summed E-state index contributed by atoms with van der Waals surface area (Å²) in [5.41, 5.74) is 4.83. The van der Waals surface area contributed by atoms with Crippen LogP contribution in [-0.2, 0) is 0 Å². The molecule has 3 heteroatoms. The van der Waals surface area contributed by atoms with Gasteiger partial charge in [0.2, 0.25) is 0 Å². The molecule has 0 amide bonds. The number of fused-ring (bicyclic) bond motifs is 1. The molecule has 78 valence electrons. The Morgan fingerprint density at radius 3 is 2.88 bits per heavy atom. The third kappa shape index (κ3) is 1.37. The monoisotopic (exact) mass is 210 g/mol. The number of benzene rings is 1. The van der Waals surface area contributed by atoms with Gasteiger partial charge in [-0.15, -0.1) is 0 Å². The van der Waals surface area contributed by atoms with E-state index in [1.54, 1.807) is 0 Å². The Morgan fingerprint density at radius 1 is 1.12 bits per heavy atom. The Hall–Kier alpha value is -2.16. The van der Waals surface area contributed by atoms with Crippen LogP contribution in [0.1, 0.15) is 5.56 Å². The van der Waals surface area contributed by atoms with E-state index in [0.29, 0.717) is 5.65 Å². The number of hydrogen-bond donors (Lipinski definition) is 0. The fourth-order valence-electron chi connectivity index (χ4n) is 1.80. The van der Waals surface area contributed by atoms with Crippen LogP contribution in [0.2, 0.25) is 0 Å². The molecule has 0 saturated heterocycles. The van der Waals surface area contributed by atoms with Crippen LogP contribution >= 0.6 is 0 Å². The van der Waals surface area contributed by atoms with Gasteiger partial charge in [-0.25, -0.2) is 4.98 Å². The topological polar surface area (TPSA) is 38.9 Å². The lowest BCUT2D eigenvalue weighted by atomic mass is 10.0. The Kier molecular flexibility index (Phi) is 1.96. The molecule has 2 aromatic heterocycles. The Balaban J connectivity index is 2.22. The van der Waals surface area contributed by atoms with Gasteiger partial charge < -0.3 is 4.42 Å². The highest BCUT2D eigenvalue weighted by Gasteiger charge is 2.05. The minimum Gasteiger partial charge on any atom is -0.442 e. The van der Waals surface area contributed by atoms with Crippen LogP contribution in [0.5, 0.6) is 0 Å². The molecule has 0 unspecified atom stereocenters. The van der Waals surface area contributed by atoms with Crippen LogP contribution in [0.4, 0.5) is 0 Å². The van der Waals surface area contributed by atoms with Crippen molar-refractivity contribution in [1.82, 2.24) is 9.97 Å². The van der Waals surface area contributed by atoms with E-state index < -0.39 is 0 Å². The average molecular weight is 210 g/mol. The molecular weight excluding hydrogens is 200 g/mol. The summed E-state index contributed by atoms with van der Waals surface area (Å²) in [6.07, 6.45) is 3.24. The van der Waals surface area contributed by atoms with Gasteiger partial charge in [0.1, 0.15) is 0 Å². The summed E-state index contributed by atoms with van der Waals surface area (Å²) in [4.78, 5) is 8.25. The summed E-state index contributed by atoms with van der Waals surface area (Å²) in [7, 11) is 0. The first kappa shape index (κ1) is 9.09. The van der Waals surface area contributed by atoms with E-state index in [4.69, 9.17) is 4.42 Å². The van der Waals surface area contributed by atoms with Crippen molar-refractivity contribution in [3.63, 3.8) is 0 Å². The zero-order valence-corrected chi connectivity index (χ0v) is 8.84. The molecule has 0 aliphatic heterocycles. The number of hydrogen-bond acceptors (Lipinski definition) is 3. The van der Waals surface area contributed by atoms with Crippen molar-refractivity contribution in [3.05, 3.63) is 48.5 Å². The fraction of sp³-hybridized carbons (Fsp3) is 0.0769. The lowest BCUT2D eigenvalue weighted by Gasteiger charge is -2.04. The molecule has 0 spiro atoms. The van der Waals surface area contributed by atoms with Gasteiger partial charge in [0.15, 0.2) is 17.6 Å². The first-order valence-corrected chi connectivity index (χ1v) is 5.10. The fourth-order valence-corrected chi connectivity index (χ4v) is 1.80. The molecule has 3 rings (SSSR count). The molecule has 0 N–H and O–H groups in total. The second kappa shape index (κ2) is 3.45. The van der Waals surface area contributed by atoms with E-state index in [-0.39, 0.29) is 0 Å². The maximum Gasteiger partial charge on any atom is 0.198 e. The van der Waals surface area contributed by atoms with Crippen LogP contribution in [0.25, 0.3) is 22.4 Å². The van der Waals surface area contributed by atoms with E-state index in [2.05, 4.69) is 29.0 Å². The first-order chi connectivity index (χ1) is 7.84. The minimum absolute atomic E-state index is 0.650. The maximum absolute atomic E-state index is 5.25. The molecular formula is C13H10N2O. The Bertz CT molecular complexity index is 643. The summed E-state index contributed by atoms with van der Waals surface area (Å²) in [6.45, 7) is 2.08. The lowest BCUT2D eigenvalue weighted by molar-refractivity contribution is 0.602. The summed E-state index contributed by atoms with van der Waals surface area (Å²) in [6, 6.07) is 10.2. The second-order valence-electron chi connectivity index (χ2n) is 3.71. The van der Waals surface area contributed by atoms with Crippen LogP contribution < -0.4 is 0 Å². The predicted octanol–water partition coefficient (Wildman–Crippen LogP) is 3.20. The van der Waals surface area contributed by atoms with Crippen molar-refractivity contribution in [1.29, 1.82) is 0 Å². The standard InChI is InChI=1S/C13H10N2O/c1-9-4-2-3-5-11(9)10-6-12-13(14-7-10)15-8-16-12/h2-8H,1H3. The van der Waals surface area contributed by atoms with Crippen molar-refractivity contribution in [2.75, 3.05) is 0 Å². The molecule has 16 heavy (non-hydrogen) atoms. The number of aryl methyl sites for hydroxylation is 1. The molecule has 1 aromatic carbocycles. The normalized spacial score (nSPS) is 10.8. The molecule has 0 fully saturated rings. The molecule has 0 aliphatic rings. The molecule has 0 atom stereocenters. The minimum atomic E-state index is 0.650. The summed E-state index contributed by atoms with van der Waals surface area (Å²) in [5.74, 6) is 0. The van der Waals surface area contributed by atoms with Crippen LogP contribution in [0.15, 0.2) is 47.3 Å². The van der Waals surface area contributed by atoms with E-state index in [1.165, 1.54) is 17.5 Å². The Labute approximate surface area is 92.8 Å². The highest BCUT2D eigenvalue weighted by atomic mass is 16.3. The first-order valence-electron chi connectivity index (χ1n) is 5.10. The third-order valence-corrected chi connectivity index (χ3v) is 2.64. The van der Waals surface area contributed by atoms with Gasteiger partial charge >= 0.3 is 0 Å². The van der Waals surface area contributed by atoms with Gasteiger partial charge in [-0.3, -0.25) is 0 Å². The molecule has 3 aromatic rings. The van der Waals surface area contributed by atoms with Crippen LogP contribution in [0.3, 0.4) is 0 Å². The molecule has 0 radical (unpaired) electrons. The van der Waals surface area contributed by atoms with Crippen molar-refractivity contribution >= 4 is 11.2 Å². The van der Waals surface area contributed by atoms with E-state index in [9.17, 15) is 0 Å². The SMILES string of the molecule is Cc1ccccc1-c1cnc2ncoc2c1. The zero-order chi connectivity index (χ0) is 11.0. The molecule has 0 saturated carbocycles. The summed E-state index contributed by atoms with van der Waals surface area (Å²) in [5, 5.41) is 0. The molecule has 2 heterocycles. The second-order valence-corrected chi connectivity index (χ2v) is 3.71. The lowest BCUT2D eigenvalue weighted by Crippen LogP contribution is -1.84. The van der Waals surface area contributed by atoms with Crippen molar-refractivity contribution in [3.8, 4) is 11.1 Å². The van der Waals surface area contributed by atoms with Gasteiger partial charge in [-0.1, -0.05) is 24.3 Å². The third-order valence-electron chi connectivity index (χ3n) is 2.64. The van der Waals surface area contributed by atoms with Gasteiger partial charge in [-0.05, 0) is 24.1 Å². The smallest absolute Gasteiger partial charge is 0.198 e. The quantitative estimate of drug-likeness (QED) is 0.619. The number of pyridine rings is 1. The average Bonchev–Trinajstić information content (AvgIpc) is 2.76. The van der Waals surface area contributed by atoms with Gasteiger partial charge in [-0.2, -0.15) is 4.98 Å². The number of rotatable bonds is 1. The Morgan fingerprint density at radius 2 is 2.00 bits per heavy atom. The largest absolute Gasteiger partial charge is 0.442 e. The van der Waals surface area contributed by atoms with Crippen molar-refractivity contribution < 1.29 is 4.42 Å². The summed E-state index contributed by atoms with van der Waals surface area (Å²) >= 11 is 0. The van der Waals surface area contributed by atoms with Gasteiger partial charge in [0.05, 0.1) is 0 Å². The van der Waals surface area contributed by atoms with Gasteiger partial charge in [0, 0.05) is 11.8 Å². The number of oxazole rings is 1. The summed E-state index contributed by atoms with van der Waals surface area (Å²) < 4.78 is 5.25. The molecule has 3 nitrogen and oxygen atoms in total. The molecule has 0 bridgehead atoms. The predicted molar refractivity (Wildman–Crippen MR) is 62.0 cm³/mol. The zero-order valence-electron chi connectivity index (χ0n) is 8.84. The highest BCUT2D eigenvalue weighted by Crippen LogP contribution is 2.24. The highest BCUT2D eigenvalue weighted by molar-refractivity contribution is 5.77. The van der Waals surface area contributed by atoms with E-state index in [1.807, 2.05) is 24.4 Å². The maximum atomic E-state index is 5.25. The van der Waals surface area contributed by atoms with Crippen molar-refractivity contribution in [2.24, 2.45) is 0 Å². The van der Waals surface area contributed by atoms with Gasteiger partial charge in [0.25, 0.3) is 0 Å². The number of nitrogens with zero attached hydrogens (tertiary/aromatic N) is 2. The van der Waals surface area contributed by atoms with Crippen LogP contribution in [-0.4, -0.2) is 9.97 Å².